The van der Waals surface area contributed by atoms with Crippen molar-refractivity contribution >= 4 is 20.4 Å². The molecule has 0 rings (SSSR count). The van der Waals surface area contributed by atoms with Crippen LogP contribution < -0.4 is 0 Å². The Kier molecular flexibility index (Phi) is 6.47. The lowest BCUT2D eigenvalue weighted by molar-refractivity contribution is -0.142. The minimum Gasteiger partial charge on any atom is -0.481 e. The predicted molar refractivity (Wildman–Crippen MR) is 68.0 cm³/mol. The van der Waals surface area contributed by atoms with Crippen LogP contribution in [0.25, 0.3) is 0 Å². The fourth-order valence-corrected chi connectivity index (χ4v) is 2.16. The predicted octanol–water partition coefficient (Wildman–Crippen LogP) is 2.89. The van der Waals surface area contributed by atoms with E-state index in [0.29, 0.717) is 12.8 Å². The van der Waals surface area contributed by atoms with Crippen molar-refractivity contribution in [3.8, 4) is 0 Å². The number of carboxylic acids is 2. The van der Waals surface area contributed by atoms with Crippen LogP contribution >= 0.6 is 8.46 Å². The molecule has 0 bridgehead atoms. The SMILES string of the molecule is CC(CC(CC(C)C(=O)O)C(C)(C)P=O)C(=O)O. The van der Waals surface area contributed by atoms with Crippen LogP contribution in [0.4, 0.5) is 0 Å². The van der Waals surface area contributed by atoms with Gasteiger partial charge in [0, 0.05) is 5.16 Å². The van der Waals surface area contributed by atoms with Gasteiger partial charge in [-0.15, -0.1) is 0 Å². The summed E-state index contributed by atoms with van der Waals surface area (Å²) in [5.41, 5.74) is 0. The molecule has 0 saturated heterocycles. The highest BCUT2D eigenvalue weighted by Crippen LogP contribution is 2.39. The first-order valence-electron chi connectivity index (χ1n) is 5.92. The van der Waals surface area contributed by atoms with E-state index in [-0.39, 0.29) is 14.4 Å². The van der Waals surface area contributed by atoms with E-state index in [2.05, 4.69) is 0 Å². The van der Waals surface area contributed by atoms with E-state index in [4.69, 9.17) is 10.2 Å². The third-order valence-corrected chi connectivity index (χ3v) is 4.19. The average molecular weight is 276 g/mol. The average Bonchev–Trinajstić information content (AvgIpc) is 2.27. The zero-order chi connectivity index (χ0) is 14.5. The van der Waals surface area contributed by atoms with Crippen LogP contribution in [0.3, 0.4) is 0 Å². The molecule has 0 heterocycles. The van der Waals surface area contributed by atoms with Crippen LogP contribution in [0.15, 0.2) is 0 Å². The van der Waals surface area contributed by atoms with Gasteiger partial charge in [0.05, 0.1) is 11.8 Å². The summed E-state index contributed by atoms with van der Waals surface area (Å²) in [6.45, 7) is 6.68. The van der Waals surface area contributed by atoms with E-state index in [9.17, 15) is 14.2 Å². The first kappa shape index (κ1) is 17.0. The van der Waals surface area contributed by atoms with Crippen molar-refractivity contribution in [2.45, 2.75) is 45.7 Å². The fraction of sp³-hybridized carbons (Fsp3) is 0.833. The smallest absolute Gasteiger partial charge is 0.306 e. The van der Waals surface area contributed by atoms with Crippen LogP contribution in [0.5, 0.6) is 0 Å². The van der Waals surface area contributed by atoms with E-state index in [0.717, 1.165) is 0 Å². The van der Waals surface area contributed by atoms with Gasteiger partial charge in [0.1, 0.15) is 0 Å². The van der Waals surface area contributed by atoms with Crippen LogP contribution in [-0.4, -0.2) is 27.3 Å². The van der Waals surface area contributed by atoms with Crippen molar-refractivity contribution in [2.24, 2.45) is 17.8 Å². The molecule has 5 nitrogen and oxygen atoms in total. The van der Waals surface area contributed by atoms with Gasteiger partial charge in [-0.2, -0.15) is 0 Å². The van der Waals surface area contributed by atoms with Crippen LogP contribution in [0, 0.1) is 17.8 Å². The standard InChI is InChI=1S/C12H21O5P/c1-7(10(13)14)5-9(12(3,4)18-17)6-8(2)11(15)16/h7-9H,5-6H2,1-4H3,(H,13,14)(H,15,16). The number of aliphatic carboxylic acids is 2. The molecule has 2 unspecified atom stereocenters. The van der Waals surface area contributed by atoms with Gasteiger partial charge < -0.3 is 10.2 Å². The van der Waals surface area contributed by atoms with Gasteiger partial charge in [-0.1, -0.05) is 13.8 Å². The molecule has 18 heavy (non-hydrogen) atoms. The first-order chi connectivity index (χ1) is 8.11. The molecule has 6 heteroatoms. The minimum atomic E-state index is -0.915. The van der Waals surface area contributed by atoms with Gasteiger partial charge in [-0.3, -0.25) is 14.2 Å². The van der Waals surface area contributed by atoms with E-state index in [1.54, 1.807) is 27.7 Å². The van der Waals surface area contributed by atoms with Crippen molar-refractivity contribution < 1.29 is 24.4 Å². The van der Waals surface area contributed by atoms with Gasteiger partial charge >= 0.3 is 11.9 Å². The second kappa shape index (κ2) is 6.83. The summed E-state index contributed by atoms with van der Waals surface area (Å²) < 4.78 is 11.2. The van der Waals surface area contributed by atoms with Gasteiger partial charge in [0.2, 0.25) is 0 Å². The lowest BCUT2D eigenvalue weighted by Crippen LogP contribution is -2.31. The Labute approximate surface area is 109 Å². The van der Waals surface area contributed by atoms with E-state index < -0.39 is 28.9 Å². The Morgan fingerprint density at radius 2 is 1.39 bits per heavy atom. The lowest BCUT2D eigenvalue weighted by atomic mass is 9.80. The number of rotatable bonds is 8. The van der Waals surface area contributed by atoms with Gasteiger partial charge in [0.15, 0.2) is 8.46 Å². The Hall–Kier alpha value is -0.960. The summed E-state index contributed by atoms with van der Waals surface area (Å²) in [6, 6.07) is 0. The van der Waals surface area contributed by atoms with Crippen molar-refractivity contribution in [1.29, 1.82) is 0 Å². The molecule has 0 fully saturated rings. The Balaban J connectivity index is 4.89. The number of hydrogen-bond acceptors (Lipinski definition) is 3. The largest absolute Gasteiger partial charge is 0.481 e. The maximum absolute atomic E-state index is 11.2. The van der Waals surface area contributed by atoms with Crippen molar-refractivity contribution in [2.75, 3.05) is 0 Å². The summed E-state index contributed by atoms with van der Waals surface area (Å²) in [6.07, 6.45) is 0.657. The summed E-state index contributed by atoms with van der Waals surface area (Å²) in [5.74, 6) is -3.19. The van der Waals surface area contributed by atoms with E-state index in [1.807, 2.05) is 0 Å². The summed E-state index contributed by atoms with van der Waals surface area (Å²) >= 11 is 0. The van der Waals surface area contributed by atoms with Gasteiger partial charge in [-0.05, 0) is 32.6 Å². The molecule has 0 amide bonds. The van der Waals surface area contributed by atoms with Gasteiger partial charge in [0.25, 0.3) is 0 Å². The van der Waals surface area contributed by atoms with Crippen molar-refractivity contribution in [1.82, 2.24) is 0 Å². The Bertz CT molecular complexity index is 304. The zero-order valence-electron chi connectivity index (χ0n) is 11.2. The molecule has 104 valence electrons. The molecule has 0 radical (unpaired) electrons. The van der Waals surface area contributed by atoms with Crippen LogP contribution in [0.2, 0.25) is 0 Å². The lowest BCUT2D eigenvalue weighted by Gasteiger charge is -2.30. The first-order valence-corrected chi connectivity index (χ1v) is 6.73. The van der Waals surface area contributed by atoms with Crippen LogP contribution in [0.1, 0.15) is 40.5 Å². The molecular weight excluding hydrogens is 255 g/mol. The molecule has 0 aliphatic heterocycles. The highest BCUT2D eigenvalue weighted by Gasteiger charge is 2.35. The molecule has 0 aromatic carbocycles. The monoisotopic (exact) mass is 276 g/mol. The summed E-state index contributed by atoms with van der Waals surface area (Å²) in [4.78, 5) is 21.7. The molecule has 0 spiro atoms. The van der Waals surface area contributed by atoms with Crippen LogP contribution in [-0.2, 0) is 14.2 Å². The van der Waals surface area contributed by atoms with Gasteiger partial charge in [-0.25, -0.2) is 0 Å². The topological polar surface area (TPSA) is 91.7 Å². The second-order valence-corrected chi connectivity index (χ2v) is 6.73. The zero-order valence-corrected chi connectivity index (χ0v) is 12.1. The second-order valence-electron chi connectivity index (χ2n) is 5.39. The molecule has 0 aliphatic rings. The highest BCUT2D eigenvalue weighted by molar-refractivity contribution is 7.25. The summed E-state index contributed by atoms with van der Waals surface area (Å²) in [5, 5.41) is 17.2. The fourth-order valence-electron chi connectivity index (χ4n) is 1.80. The molecule has 0 saturated carbocycles. The Morgan fingerprint density at radius 1 is 1.06 bits per heavy atom. The van der Waals surface area contributed by atoms with E-state index >= 15 is 0 Å². The minimum absolute atomic E-state index is 0.0891. The third-order valence-electron chi connectivity index (χ3n) is 3.35. The van der Waals surface area contributed by atoms with Crippen molar-refractivity contribution in [3.05, 3.63) is 0 Å². The maximum atomic E-state index is 11.2. The summed E-state index contributed by atoms with van der Waals surface area (Å²) in [7, 11) is -0.0891. The molecule has 2 atom stereocenters. The van der Waals surface area contributed by atoms with Crippen molar-refractivity contribution in [3.63, 3.8) is 0 Å². The molecule has 0 aliphatic carbocycles. The molecular formula is C12H21O5P. The molecule has 0 aromatic heterocycles. The molecule has 2 N–H and O–H groups in total. The third kappa shape index (κ3) is 5.13. The quantitative estimate of drug-likeness (QED) is 0.665. The maximum Gasteiger partial charge on any atom is 0.306 e. The molecule has 0 aromatic rings. The number of hydrogen-bond donors (Lipinski definition) is 2. The number of carbonyl (C=O) groups is 2. The highest BCUT2D eigenvalue weighted by atomic mass is 31.1. The van der Waals surface area contributed by atoms with E-state index in [1.165, 1.54) is 0 Å². The number of carboxylic acid groups (broad SMARTS) is 2. The Morgan fingerprint density at radius 3 is 1.61 bits per heavy atom. The normalized spacial score (nSPS) is 17.1.